The van der Waals surface area contributed by atoms with Gasteiger partial charge in [-0.25, -0.2) is 0 Å². The lowest BCUT2D eigenvalue weighted by Gasteiger charge is -2.33. The number of carbonyl (C=O) groups is 2. The molecule has 30 heavy (non-hydrogen) atoms. The molecular formula is C22H31Cl2N3O3. The molecular weight excluding hydrogens is 425 g/mol. The van der Waals surface area contributed by atoms with Crippen molar-refractivity contribution in [3.8, 4) is 5.75 Å². The van der Waals surface area contributed by atoms with Crippen molar-refractivity contribution in [3.05, 3.63) is 27.7 Å². The van der Waals surface area contributed by atoms with Crippen LogP contribution in [0, 0.1) is 0 Å². The number of carbonyl (C=O) groups excluding carboxylic acids is 2. The van der Waals surface area contributed by atoms with Crippen molar-refractivity contribution in [3.63, 3.8) is 0 Å². The van der Waals surface area contributed by atoms with Gasteiger partial charge in [0, 0.05) is 51.3 Å². The minimum Gasteiger partial charge on any atom is -0.490 e. The topological polar surface area (TPSA) is 53.1 Å². The van der Waals surface area contributed by atoms with Crippen LogP contribution in [0.15, 0.2) is 12.1 Å². The highest BCUT2D eigenvalue weighted by atomic mass is 35.5. The average molecular weight is 456 g/mol. The second kappa shape index (κ2) is 10.8. The second-order valence-corrected chi connectivity index (χ2v) is 9.02. The van der Waals surface area contributed by atoms with Crippen molar-refractivity contribution < 1.29 is 14.3 Å². The van der Waals surface area contributed by atoms with Crippen molar-refractivity contribution in [1.82, 2.24) is 14.7 Å². The van der Waals surface area contributed by atoms with E-state index < -0.39 is 0 Å². The summed E-state index contributed by atoms with van der Waals surface area (Å²) < 4.78 is 5.83. The van der Waals surface area contributed by atoms with Crippen molar-refractivity contribution >= 4 is 34.9 Å². The van der Waals surface area contributed by atoms with E-state index in [2.05, 4.69) is 11.8 Å². The Morgan fingerprint density at radius 2 is 1.77 bits per heavy atom. The van der Waals surface area contributed by atoms with E-state index in [1.165, 1.54) is 12.8 Å². The van der Waals surface area contributed by atoms with Crippen LogP contribution in [0.25, 0.3) is 0 Å². The van der Waals surface area contributed by atoms with Crippen LogP contribution < -0.4 is 4.74 Å². The Kier molecular flexibility index (Phi) is 8.40. The Labute approximate surface area is 189 Å². The number of hydrogen-bond acceptors (Lipinski definition) is 5. The smallest absolute Gasteiger partial charge is 0.219 e. The lowest BCUT2D eigenvalue weighted by Crippen LogP contribution is -2.49. The van der Waals surface area contributed by atoms with E-state index in [0.29, 0.717) is 60.2 Å². The summed E-state index contributed by atoms with van der Waals surface area (Å²) in [4.78, 5) is 30.4. The molecule has 6 nitrogen and oxygen atoms in total. The van der Waals surface area contributed by atoms with Crippen LogP contribution in [0.5, 0.6) is 5.75 Å². The fourth-order valence-corrected chi connectivity index (χ4v) is 4.74. The van der Waals surface area contributed by atoms with Gasteiger partial charge in [-0.15, -0.1) is 0 Å². The van der Waals surface area contributed by atoms with Gasteiger partial charge < -0.3 is 14.5 Å². The zero-order valence-corrected chi connectivity index (χ0v) is 19.3. The summed E-state index contributed by atoms with van der Waals surface area (Å²) in [5.74, 6) is 0.481. The molecule has 1 aromatic rings. The SMILES string of the molecule is CC(=O)N1CCN(CC(=O)c2cc(Cl)c(OCCCN3CCCC3C)c(Cl)c2)CC1. The summed E-state index contributed by atoms with van der Waals surface area (Å²) in [5.41, 5.74) is 0.484. The van der Waals surface area contributed by atoms with Crippen LogP contribution in [0.2, 0.25) is 10.0 Å². The molecule has 0 aliphatic carbocycles. The maximum atomic E-state index is 12.7. The fourth-order valence-electron chi connectivity index (χ4n) is 4.14. The predicted molar refractivity (Wildman–Crippen MR) is 120 cm³/mol. The van der Waals surface area contributed by atoms with Gasteiger partial charge in [0.15, 0.2) is 11.5 Å². The number of piperazine rings is 1. The standard InChI is InChI=1S/C22H31Cl2N3O3/c1-16-5-3-6-26(16)7-4-12-30-22-19(23)13-18(14-20(22)24)21(29)15-25-8-10-27(11-9-25)17(2)28/h13-14,16H,3-12,15H2,1-2H3. The minimum atomic E-state index is -0.0374. The Morgan fingerprint density at radius 3 is 2.33 bits per heavy atom. The van der Waals surface area contributed by atoms with E-state index >= 15 is 0 Å². The van der Waals surface area contributed by atoms with Gasteiger partial charge in [0.05, 0.1) is 23.2 Å². The molecule has 8 heteroatoms. The number of benzene rings is 1. The van der Waals surface area contributed by atoms with E-state index in [1.807, 2.05) is 4.90 Å². The highest BCUT2D eigenvalue weighted by molar-refractivity contribution is 6.37. The molecule has 1 amide bonds. The summed E-state index contributed by atoms with van der Waals surface area (Å²) in [6.07, 6.45) is 3.44. The Hall–Kier alpha value is -1.34. The van der Waals surface area contributed by atoms with Gasteiger partial charge in [0.25, 0.3) is 0 Å². The third-order valence-electron chi connectivity index (χ3n) is 6.03. The van der Waals surface area contributed by atoms with Gasteiger partial charge in [0.2, 0.25) is 5.91 Å². The third kappa shape index (κ3) is 6.10. The van der Waals surface area contributed by atoms with Crippen molar-refractivity contribution in [2.24, 2.45) is 0 Å². The van der Waals surface area contributed by atoms with Crippen molar-refractivity contribution in [2.45, 2.75) is 39.2 Å². The number of rotatable bonds is 8. The van der Waals surface area contributed by atoms with Gasteiger partial charge >= 0.3 is 0 Å². The molecule has 166 valence electrons. The van der Waals surface area contributed by atoms with Crippen LogP contribution in [-0.4, -0.2) is 84.9 Å². The molecule has 2 aliphatic rings. The normalized spacial score (nSPS) is 20.5. The summed E-state index contributed by atoms with van der Waals surface area (Å²) in [5, 5.41) is 0.726. The van der Waals surface area contributed by atoms with Crippen LogP contribution in [0.4, 0.5) is 0 Å². The van der Waals surface area contributed by atoms with Crippen LogP contribution >= 0.6 is 23.2 Å². The molecule has 0 saturated carbocycles. The maximum absolute atomic E-state index is 12.7. The van der Waals surface area contributed by atoms with Gasteiger partial charge in [-0.2, -0.15) is 0 Å². The predicted octanol–water partition coefficient (Wildman–Crippen LogP) is 3.59. The van der Waals surface area contributed by atoms with E-state index in [1.54, 1.807) is 24.0 Å². The Balaban J connectivity index is 1.49. The van der Waals surface area contributed by atoms with E-state index in [-0.39, 0.29) is 18.2 Å². The van der Waals surface area contributed by atoms with Gasteiger partial charge in [-0.1, -0.05) is 23.2 Å². The minimum absolute atomic E-state index is 0.0374. The molecule has 0 radical (unpaired) electrons. The number of nitrogens with zero attached hydrogens (tertiary/aromatic N) is 3. The molecule has 2 fully saturated rings. The fraction of sp³-hybridized carbons (Fsp3) is 0.636. The molecule has 0 spiro atoms. The van der Waals surface area contributed by atoms with Gasteiger partial charge in [-0.3, -0.25) is 14.5 Å². The van der Waals surface area contributed by atoms with Gasteiger partial charge in [0.1, 0.15) is 0 Å². The highest BCUT2D eigenvalue weighted by Gasteiger charge is 2.22. The number of ketones is 1. The summed E-state index contributed by atoms with van der Waals surface area (Å²) in [7, 11) is 0. The first-order valence-electron chi connectivity index (χ1n) is 10.7. The Bertz CT molecular complexity index is 743. The van der Waals surface area contributed by atoms with Crippen molar-refractivity contribution in [2.75, 3.05) is 52.4 Å². The van der Waals surface area contributed by atoms with E-state index in [0.717, 1.165) is 19.5 Å². The molecule has 0 aromatic heterocycles. The first-order chi connectivity index (χ1) is 14.3. The molecule has 0 N–H and O–H groups in total. The van der Waals surface area contributed by atoms with Crippen LogP contribution in [-0.2, 0) is 4.79 Å². The first kappa shape index (κ1) is 23.3. The van der Waals surface area contributed by atoms with E-state index in [9.17, 15) is 9.59 Å². The van der Waals surface area contributed by atoms with Crippen LogP contribution in [0.3, 0.4) is 0 Å². The van der Waals surface area contributed by atoms with Crippen molar-refractivity contribution in [1.29, 1.82) is 0 Å². The third-order valence-corrected chi connectivity index (χ3v) is 6.59. The molecule has 1 unspecified atom stereocenters. The number of Topliss-reactive ketones (excluding diaryl/α,β-unsaturated/α-hetero) is 1. The summed E-state index contributed by atoms with van der Waals surface area (Å²) in [6, 6.07) is 3.92. The number of hydrogen-bond donors (Lipinski definition) is 0. The highest BCUT2D eigenvalue weighted by Crippen LogP contribution is 2.34. The quantitative estimate of drug-likeness (QED) is 0.442. The molecule has 0 bridgehead atoms. The Morgan fingerprint density at radius 1 is 1.10 bits per heavy atom. The lowest BCUT2D eigenvalue weighted by molar-refractivity contribution is -0.130. The summed E-state index contributed by atoms with van der Waals surface area (Å²) in [6.45, 7) is 9.48. The molecule has 1 atom stereocenters. The second-order valence-electron chi connectivity index (χ2n) is 8.20. The molecule has 2 heterocycles. The molecule has 3 rings (SSSR count). The number of halogens is 2. The number of ether oxygens (including phenoxy) is 1. The van der Waals surface area contributed by atoms with Gasteiger partial charge in [-0.05, 0) is 44.9 Å². The molecule has 2 aliphatic heterocycles. The number of amides is 1. The van der Waals surface area contributed by atoms with E-state index in [4.69, 9.17) is 27.9 Å². The maximum Gasteiger partial charge on any atom is 0.219 e. The molecule has 2 saturated heterocycles. The average Bonchev–Trinajstić information content (AvgIpc) is 3.11. The largest absolute Gasteiger partial charge is 0.490 e. The zero-order chi connectivity index (χ0) is 21.7. The lowest BCUT2D eigenvalue weighted by atomic mass is 10.1. The monoisotopic (exact) mass is 455 g/mol. The first-order valence-corrected chi connectivity index (χ1v) is 11.5. The summed E-state index contributed by atoms with van der Waals surface area (Å²) >= 11 is 12.7. The van der Waals surface area contributed by atoms with Crippen LogP contribution in [0.1, 0.15) is 43.5 Å². The molecule has 1 aromatic carbocycles. The number of likely N-dealkylation sites (tertiary alicyclic amines) is 1. The zero-order valence-electron chi connectivity index (χ0n) is 17.8.